The van der Waals surface area contributed by atoms with E-state index < -0.39 is 0 Å². The van der Waals surface area contributed by atoms with Crippen molar-refractivity contribution < 1.29 is 13.6 Å². The van der Waals surface area contributed by atoms with E-state index in [1.54, 1.807) is 24.7 Å². The summed E-state index contributed by atoms with van der Waals surface area (Å²) in [6, 6.07) is 13.0. The van der Waals surface area contributed by atoms with Gasteiger partial charge in [-0.2, -0.15) is 0 Å². The van der Waals surface area contributed by atoms with Crippen molar-refractivity contribution in [2.45, 2.75) is 38.6 Å². The molecule has 0 saturated heterocycles. The molecule has 1 fully saturated rings. The number of aromatic nitrogens is 2. The maximum absolute atomic E-state index is 12.9. The van der Waals surface area contributed by atoms with Crippen LogP contribution in [0.2, 0.25) is 0 Å². The number of carbonyl (C=O) groups is 1. The van der Waals surface area contributed by atoms with Gasteiger partial charge >= 0.3 is 0 Å². The Labute approximate surface area is 174 Å². The first-order valence-corrected chi connectivity index (χ1v) is 10.4. The zero-order chi connectivity index (χ0) is 20.5. The lowest BCUT2D eigenvalue weighted by Crippen LogP contribution is -2.41. The van der Waals surface area contributed by atoms with Gasteiger partial charge in [0.25, 0.3) is 5.91 Å². The second kappa shape index (κ2) is 7.78. The molecule has 0 bridgehead atoms. The lowest BCUT2D eigenvalue weighted by Gasteiger charge is -2.29. The smallest absolute Gasteiger partial charge is 0.251 e. The molecule has 3 aromatic heterocycles. The molecular formula is C24H23N3O3. The molecule has 1 aromatic carbocycles. The normalized spacial score (nSPS) is 19.1. The van der Waals surface area contributed by atoms with Gasteiger partial charge in [0, 0.05) is 11.6 Å². The van der Waals surface area contributed by atoms with Gasteiger partial charge < -0.3 is 14.2 Å². The molecular weight excluding hydrogens is 378 g/mol. The Morgan fingerprint density at radius 1 is 0.933 bits per heavy atom. The molecule has 152 valence electrons. The number of nitrogens with one attached hydrogen (secondary N) is 1. The number of hydrogen-bond acceptors (Lipinski definition) is 5. The van der Waals surface area contributed by atoms with Gasteiger partial charge in [0.1, 0.15) is 11.4 Å². The van der Waals surface area contributed by atoms with E-state index in [0.717, 1.165) is 12.8 Å². The van der Waals surface area contributed by atoms with Crippen molar-refractivity contribution in [3.05, 3.63) is 60.6 Å². The molecule has 0 unspecified atom stereocenters. The maximum Gasteiger partial charge on any atom is 0.251 e. The van der Waals surface area contributed by atoms with Crippen LogP contribution in [0.1, 0.15) is 43.0 Å². The molecule has 1 aliphatic rings. The summed E-state index contributed by atoms with van der Waals surface area (Å²) in [5.74, 6) is 1.65. The number of benzene rings is 1. The first-order chi connectivity index (χ1) is 14.7. The Kier molecular flexibility index (Phi) is 4.83. The number of amides is 1. The molecule has 2 atom stereocenters. The Balaban J connectivity index is 1.53. The molecule has 0 aliphatic heterocycles. The second-order valence-corrected chi connectivity index (χ2v) is 7.92. The summed E-state index contributed by atoms with van der Waals surface area (Å²) in [7, 11) is 0. The fourth-order valence-electron chi connectivity index (χ4n) is 4.15. The summed E-state index contributed by atoms with van der Waals surface area (Å²) in [4.78, 5) is 22.4. The Hall–Kier alpha value is -3.41. The first-order valence-electron chi connectivity index (χ1n) is 10.4. The van der Waals surface area contributed by atoms with Crippen LogP contribution in [-0.2, 0) is 0 Å². The SMILES string of the molecule is C[C@@H]1CCCC[C@H]1NC(=O)c1ccc2nc(-c3ccco3)c(-c3ccco3)nc2c1. The molecule has 0 spiro atoms. The highest BCUT2D eigenvalue weighted by Crippen LogP contribution is 2.32. The molecule has 1 saturated carbocycles. The van der Waals surface area contributed by atoms with Gasteiger partial charge in [-0.3, -0.25) is 4.79 Å². The molecule has 4 aromatic rings. The highest BCUT2D eigenvalue weighted by atomic mass is 16.3. The molecule has 5 rings (SSSR count). The molecule has 0 radical (unpaired) electrons. The molecule has 1 N–H and O–H groups in total. The number of nitrogens with zero attached hydrogens (tertiary/aromatic N) is 2. The average Bonchev–Trinajstić information content (AvgIpc) is 3.48. The zero-order valence-corrected chi connectivity index (χ0v) is 16.8. The van der Waals surface area contributed by atoms with Gasteiger partial charge in [-0.15, -0.1) is 0 Å². The summed E-state index contributed by atoms with van der Waals surface area (Å²) in [6.07, 6.45) is 7.81. The second-order valence-electron chi connectivity index (χ2n) is 7.92. The quantitative estimate of drug-likeness (QED) is 0.491. The molecule has 1 aliphatic carbocycles. The third kappa shape index (κ3) is 3.49. The standard InChI is InChI=1S/C24H23N3O3/c1-15-6-2-3-7-17(15)27-24(28)16-10-11-18-19(14-16)26-23(21-9-5-13-30-21)22(25-18)20-8-4-12-29-20/h4-5,8-15,17H,2-3,6-7H2,1H3,(H,27,28)/t15-,17-/m1/s1. The third-order valence-electron chi connectivity index (χ3n) is 5.86. The molecule has 1 amide bonds. The Bertz CT molecular complexity index is 1170. The fraction of sp³-hybridized carbons (Fsp3) is 0.292. The van der Waals surface area contributed by atoms with Gasteiger partial charge in [0.05, 0.1) is 23.6 Å². The van der Waals surface area contributed by atoms with Crippen LogP contribution in [0.3, 0.4) is 0 Å². The predicted molar refractivity (Wildman–Crippen MR) is 114 cm³/mol. The Morgan fingerprint density at radius 3 is 2.23 bits per heavy atom. The average molecular weight is 401 g/mol. The third-order valence-corrected chi connectivity index (χ3v) is 5.86. The summed E-state index contributed by atoms with van der Waals surface area (Å²) >= 11 is 0. The van der Waals surface area contributed by atoms with E-state index >= 15 is 0 Å². The van der Waals surface area contributed by atoms with E-state index in [0.29, 0.717) is 45.4 Å². The summed E-state index contributed by atoms with van der Waals surface area (Å²) in [5.41, 5.74) is 3.11. The monoisotopic (exact) mass is 401 g/mol. The molecule has 6 nitrogen and oxygen atoms in total. The van der Waals surface area contributed by atoms with Crippen molar-refractivity contribution in [1.82, 2.24) is 15.3 Å². The van der Waals surface area contributed by atoms with E-state index in [4.69, 9.17) is 18.8 Å². The zero-order valence-electron chi connectivity index (χ0n) is 16.8. The number of hydrogen-bond donors (Lipinski definition) is 1. The van der Waals surface area contributed by atoms with Gasteiger partial charge in [0.15, 0.2) is 11.5 Å². The van der Waals surface area contributed by atoms with E-state index in [-0.39, 0.29) is 11.9 Å². The first kappa shape index (κ1) is 18.6. The number of furan rings is 2. The minimum absolute atomic E-state index is 0.0629. The van der Waals surface area contributed by atoms with E-state index in [2.05, 4.69) is 12.2 Å². The van der Waals surface area contributed by atoms with Crippen molar-refractivity contribution in [3.8, 4) is 22.9 Å². The summed E-state index contributed by atoms with van der Waals surface area (Å²) in [5, 5.41) is 3.20. The van der Waals surface area contributed by atoms with Crippen molar-refractivity contribution in [2.75, 3.05) is 0 Å². The number of carbonyl (C=O) groups excluding carboxylic acids is 1. The predicted octanol–water partition coefficient (Wildman–Crippen LogP) is 5.46. The van der Waals surface area contributed by atoms with Crippen LogP contribution in [-0.4, -0.2) is 21.9 Å². The fourth-order valence-corrected chi connectivity index (χ4v) is 4.15. The van der Waals surface area contributed by atoms with E-state index in [1.807, 2.05) is 30.3 Å². The highest BCUT2D eigenvalue weighted by Gasteiger charge is 2.24. The summed E-state index contributed by atoms with van der Waals surface area (Å²) in [6.45, 7) is 2.21. The van der Waals surface area contributed by atoms with Crippen LogP contribution < -0.4 is 5.32 Å². The van der Waals surface area contributed by atoms with Crippen LogP contribution in [0, 0.1) is 5.92 Å². The lowest BCUT2D eigenvalue weighted by molar-refractivity contribution is 0.0910. The minimum Gasteiger partial charge on any atom is -0.463 e. The van der Waals surface area contributed by atoms with Crippen molar-refractivity contribution in [3.63, 3.8) is 0 Å². The van der Waals surface area contributed by atoms with E-state index in [9.17, 15) is 4.79 Å². The van der Waals surface area contributed by atoms with Crippen molar-refractivity contribution in [2.24, 2.45) is 5.92 Å². The van der Waals surface area contributed by atoms with Crippen LogP contribution in [0.5, 0.6) is 0 Å². The maximum atomic E-state index is 12.9. The number of fused-ring (bicyclic) bond motifs is 1. The minimum atomic E-state index is -0.0629. The summed E-state index contributed by atoms with van der Waals surface area (Å²) < 4.78 is 11.1. The lowest BCUT2D eigenvalue weighted by atomic mass is 9.86. The van der Waals surface area contributed by atoms with E-state index in [1.165, 1.54) is 12.8 Å². The van der Waals surface area contributed by atoms with Crippen LogP contribution in [0.15, 0.2) is 63.8 Å². The highest BCUT2D eigenvalue weighted by molar-refractivity contribution is 5.98. The van der Waals surface area contributed by atoms with Gasteiger partial charge in [-0.05, 0) is 61.2 Å². The van der Waals surface area contributed by atoms with Crippen LogP contribution in [0.4, 0.5) is 0 Å². The van der Waals surface area contributed by atoms with Gasteiger partial charge in [-0.25, -0.2) is 9.97 Å². The molecule has 3 heterocycles. The van der Waals surface area contributed by atoms with Crippen molar-refractivity contribution in [1.29, 1.82) is 0 Å². The Morgan fingerprint density at radius 2 is 1.60 bits per heavy atom. The number of rotatable bonds is 4. The van der Waals surface area contributed by atoms with Crippen molar-refractivity contribution >= 4 is 16.9 Å². The van der Waals surface area contributed by atoms with Crippen LogP contribution >= 0.6 is 0 Å². The van der Waals surface area contributed by atoms with Crippen LogP contribution in [0.25, 0.3) is 33.9 Å². The topological polar surface area (TPSA) is 81.2 Å². The molecule has 6 heteroatoms. The largest absolute Gasteiger partial charge is 0.463 e. The van der Waals surface area contributed by atoms with Gasteiger partial charge in [0.2, 0.25) is 0 Å². The van der Waals surface area contributed by atoms with Gasteiger partial charge in [-0.1, -0.05) is 19.8 Å². The molecule has 30 heavy (non-hydrogen) atoms.